The van der Waals surface area contributed by atoms with Gasteiger partial charge in [0.1, 0.15) is 5.82 Å². The Hall–Kier alpha value is -1.69. The smallest absolute Gasteiger partial charge is 0.358 e. The molecule has 0 aliphatic heterocycles. The third-order valence-electron chi connectivity index (χ3n) is 3.57. The minimum absolute atomic E-state index is 0.215. The summed E-state index contributed by atoms with van der Waals surface area (Å²) in [7, 11) is 1.33. The lowest BCUT2D eigenvalue weighted by atomic mass is 9.84. The minimum atomic E-state index is -0.477. The standard InChI is InChI=1S/C13H20N4O2/c1-19-13(18)11-7-15-8-12(17-11)16-10-5-3-2-4-9(10)6-14/h7-10H,2-6,14H2,1H3,(H,16,17). The van der Waals surface area contributed by atoms with Crippen molar-refractivity contribution < 1.29 is 9.53 Å². The van der Waals surface area contributed by atoms with E-state index >= 15 is 0 Å². The highest BCUT2D eigenvalue weighted by atomic mass is 16.5. The first-order valence-corrected chi connectivity index (χ1v) is 6.61. The molecule has 0 bridgehead atoms. The number of hydrogen-bond donors (Lipinski definition) is 2. The van der Waals surface area contributed by atoms with E-state index < -0.39 is 5.97 Å². The highest BCUT2D eigenvalue weighted by Gasteiger charge is 2.24. The van der Waals surface area contributed by atoms with Gasteiger partial charge >= 0.3 is 5.97 Å². The van der Waals surface area contributed by atoms with Crippen LogP contribution in [0.15, 0.2) is 12.4 Å². The van der Waals surface area contributed by atoms with Crippen LogP contribution in [0.2, 0.25) is 0 Å². The van der Waals surface area contributed by atoms with Gasteiger partial charge in [0.25, 0.3) is 0 Å². The topological polar surface area (TPSA) is 90.1 Å². The average Bonchev–Trinajstić information content (AvgIpc) is 2.47. The largest absolute Gasteiger partial charge is 0.464 e. The van der Waals surface area contributed by atoms with Gasteiger partial charge < -0.3 is 15.8 Å². The number of carbonyl (C=O) groups is 1. The van der Waals surface area contributed by atoms with E-state index in [1.807, 2.05) is 0 Å². The Morgan fingerprint density at radius 1 is 1.47 bits per heavy atom. The average molecular weight is 264 g/mol. The maximum absolute atomic E-state index is 11.4. The van der Waals surface area contributed by atoms with Crippen LogP contribution >= 0.6 is 0 Å². The number of carbonyl (C=O) groups excluding carboxylic acids is 1. The number of nitrogens with one attached hydrogen (secondary N) is 1. The molecule has 0 saturated heterocycles. The zero-order chi connectivity index (χ0) is 13.7. The molecule has 1 aromatic rings. The Morgan fingerprint density at radius 3 is 3.00 bits per heavy atom. The number of methoxy groups -OCH3 is 1. The summed E-state index contributed by atoms with van der Waals surface area (Å²) in [5.74, 6) is 0.584. The molecule has 1 heterocycles. The van der Waals surface area contributed by atoms with E-state index in [-0.39, 0.29) is 5.69 Å². The molecule has 0 radical (unpaired) electrons. The van der Waals surface area contributed by atoms with Gasteiger partial charge in [-0.25, -0.2) is 9.78 Å². The third-order valence-corrected chi connectivity index (χ3v) is 3.57. The van der Waals surface area contributed by atoms with Crippen LogP contribution < -0.4 is 11.1 Å². The van der Waals surface area contributed by atoms with Crippen LogP contribution in [0.1, 0.15) is 36.2 Å². The monoisotopic (exact) mass is 264 g/mol. The van der Waals surface area contributed by atoms with Crippen molar-refractivity contribution in [1.29, 1.82) is 0 Å². The molecule has 1 aliphatic rings. The van der Waals surface area contributed by atoms with Gasteiger partial charge in [-0.3, -0.25) is 4.98 Å². The van der Waals surface area contributed by atoms with E-state index in [0.717, 1.165) is 12.8 Å². The highest BCUT2D eigenvalue weighted by Crippen LogP contribution is 2.25. The lowest BCUT2D eigenvalue weighted by Gasteiger charge is -2.31. The van der Waals surface area contributed by atoms with E-state index in [1.165, 1.54) is 26.1 Å². The Morgan fingerprint density at radius 2 is 2.26 bits per heavy atom. The normalized spacial score (nSPS) is 22.8. The molecular formula is C13H20N4O2. The molecular weight excluding hydrogens is 244 g/mol. The van der Waals surface area contributed by atoms with Crippen molar-refractivity contribution in [2.75, 3.05) is 19.0 Å². The van der Waals surface area contributed by atoms with Crippen LogP contribution in [-0.4, -0.2) is 35.6 Å². The summed E-state index contributed by atoms with van der Waals surface area (Å²) in [4.78, 5) is 19.6. The van der Waals surface area contributed by atoms with E-state index in [2.05, 4.69) is 20.0 Å². The fourth-order valence-corrected chi connectivity index (χ4v) is 2.51. The number of nitrogens with zero attached hydrogens (tertiary/aromatic N) is 2. The SMILES string of the molecule is COC(=O)c1cncc(NC2CCCCC2CN)n1. The minimum Gasteiger partial charge on any atom is -0.464 e. The molecule has 1 saturated carbocycles. The second kappa shape index (κ2) is 6.47. The highest BCUT2D eigenvalue weighted by molar-refractivity contribution is 5.87. The van der Waals surface area contributed by atoms with Crippen LogP contribution in [0.3, 0.4) is 0 Å². The molecule has 104 valence electrons. The number of aromatic nitrogens is 2. The molecule has 6 nitrogen and oxygen atoms in total. The maximum atomic E-state index is 11.4. The van der Waals surface area contributed by atoms with E-state index in [4.69, 9.17) is 5.73 Å². The molecule has 2 atom stereocenters. The second-order valence-corrected chi connectivity index (χ2v) is 4.81. The second-order valence-electron chi connectivity index (χ2n) is 4.81. The first kappa shape index (κ1) is 13.7. The number of anilines is 1. The van der Waals surface area contributed by atoms with Crippen molar-refractivity contribution in [1.82, 2.24) is 9.97 Å². The summed E-state index contributed by atoms with van der Waals surface area (Å²) >= 11 is 0. The summed E-state index contributed by atoms with van der Waals surface area (Å²) < 4.78 is 4.63. The summed E-state index contributed by atoms with van der Waals surface area (Å²) in [6, 6.07) is 0.306. The predicted octanol–water partition coefficient (Wildman–Crippen LogP) is 1.19. The molecule has 3 N–H and O–H groups in total. The van der Waals surface area contributed by atoms with Crippen molar-refractivity contribution in [2.24, 2.45) is 11.7 Å². The van der Waals surface area contributed by atoms with Crippen molar-refractivity contribution >= 4 is 11.8 Å². The quantitative estimate of drug-likeness (QED) is 0.794. The number of nitrogens with two attached hydrogens (primary N) is 1. The Balaban J connectivity index is 2.07. The summed E-state index contributed by atoms with van der Waals surface area (Å²) in [6.07, 6.45) is 7.66. The summed E-state index contributed by atoms with van der Waals surface area (Å²) in [5.41, 5.74) is 6.01. The van der Waals surface area contributed by atoms with Crippen molar-refractivity contribution in [3.8, 4) is 0 Å². The van der Waals surface area contributed by atoms with Crippen LogP contribution in [0, 0.1) is 5.92 Å². The summed E-state index contributed by atoms with van der Waals surface area (Å²) in [5, 5.41) is 3.34. The fourth-order valence-electron chi connectivity index (χ4n) is 2.51. The number of esters is 1. The van der Waals surface area contributed by atoms with E-state index in [0.29, 0.717) is 24.3 Å². The first-order valence-electron chi connectivity index (χ1n) is 6.61. The first-order chi connectivity index (χ1) is 9.24. The Kier molecular flexibility index (Phi) is 4.68. The molecule has 0 amide bonds. The van der Waals surface area contributed by atoms with Crippen LogP contribution in [0.5, 0.6) is 0 Å². The van der Waals surface area contributed by atoms with Gasteiger partial charge in [0.05, 0.1) is 19.5 Å². The number of hydrogen-bond acceptors (Lipinski definition) is 6. The molecule has 2 unspecified atom stereocenters. The van der Waals surface area contributed by atoms with Gasteiger partial charge in [0.15, 0.2) is 5.69 Å². The number of ether oxygens (including phenoxy) is 1. The summed E-state index contributed by atoms with van der Waals surface area (Å²) in [6.45, 7) is 0.668. The third kappa shape index (κ3) is 3.41. The van der Waals surface area contributed by atoms with Crippen LogP contribution in [0.25, 0.3) is 0 Å². The molecule has 0 spiro atoms. The molecule has 2 rings (SSSR count). The fraction of sp³-hybridized carbons (Fsp3) is 0.615. The van der Waals surface area contributed by atoms with Crippen molar-refractivity contribution in [3.63, 3.8) is 0 Å². The van der Waals surface area contributed by atoms with E-state index in [9.17, 15) is 4.79 Å². The van der Waals surface area contributed by atoms with Crippen molar-refractivity contribution in [3.05, 3.63) is 18.1 Å². The van der Waals surface area contributed by atoms with Gasteiger partial charge in [-0.15, -0.1) is 0 Å². The van der Waals surface area contributed by atoms with Gasteiger partial charge in [-0.1, -0.05) is 12.8 Å². The Bertz CT molecular complexity index is 438. The number of rotatable bonds is 4. The molecule has 6 heteroatoms. The van der Waals surface area contributed by atoms with Crippen molar-refractivity contribution in [2.45, 2.75) is 31.7 Å². The van der Waals surface area contributed by atoms with Gasteiger partial charge in [0, 0.05) is 6.04 Å². The predicted molar refractivity (Wildman–Crippen MR) is 71.8 cm³/mol. The van der Waals surface area contributed by atoms with Gasteiger partial charge in [-0.05, 0) is 25.3 Å². The zero-order valence-corrected chi connectivity index (χ0v) is 11.1. The van der Waals surface area contributed by atoms with Gasteiger partial charge in [-0.2, -0.15) is 0 Å². The lowest BCUT2D eigenvalue weighted by molar-refractivity contribution is 0.0593. The molecule has 0 aromatic carbocycles. The van der Waals surface area contributed by atoms with E-state index in [1.54, 1.807) is 6.20 Å². The molecule has 1 fully saturated rings. The lowest BCUT2D eigenvalue weighted by Crippen LogP contribution is -2.37. The molecule has 19 heavy (non-hydrogen) atoms. The maximum Gasteiger partial charge on any atom is 0.358 e. The molecule has 1 aromatic heterocycles. The van der Waals surface area contributed by atoms with Crippen LogP contribution in [-0.2, 0) is 4.74 Å². The van der Waals surface area contributed by atoms with Gasteiger partial charge in [0.2, 0.25) is 0 Å². The van der Waals surface area contributed by atoms with Crippen LogP contribution in [0.4, 0.5) is 5.82 Å². The zero-order valence-electron chi connectivity index (χ0n) is 11.1. The molecule has 1 aliphatic carbocycles. The Labute approximate surface area is 112 Å².